The Morgan fingerprint density at radius 3 is 1.47 bits per heavy atom. The monoisotopic (exact) mass is 643 g/mol. The lowest BCUT2D eigenvalue weighted by Crippen LogP contribution is -2.50. The summed E-state index contributed by atoms with van der Waals surface area (Å²) in [4.78, 5) is 16.0. The molecule has 0 unspecified atom stereocenters. The third-order valence-corrected chi connectivity index (χ3v) is 13.5. The molecule has 0 spiro atoms. The van der Waals surface area contributed by atoms with Crippen LogP contribution in [0.3, 0.4) is 0 Å². The van der Waals surface area contributed by atoms with Crippen molar-refractivity contribution in [2.75, 3.05) is 0 Å². The zero-order chi connectivity index (χ0) is 33.0. The van der Waals surface area contributed by atoms with E-state index in [4.69, 9.17) is 15.0 Å². The maximum absolute atomic E-state index is 5.36. The molecule has 232 valence electrons. The van der Waals surface area contributed by atoms with Crippen LogP contribution in [0.4, 0.5) is 0 Å². The molecule has 9 rings (SSSR count). The van der Waals surface area contributed by atoms with Crippen LogP contribution < -0.4 is 10.4 Å². The summed E-state index contributed by atoms with van der Waals surface area (Å²) >= 11 is 0. The fourth-order valence-corrected chi connectivity index (χ4v) is 11.1. The number of hydrogen-bond donors (Lipinski definition) is 0. The fourth-order valence-electron chi connectivity index (χ4n) is 7.68. The van der Waals surface area contributed by atoms with Gasteiger partial charge in [0.25, 0.3) is 0 Å². The topological polar surface area (TPSA) is 38.7 Å². The van der Waals surface area contributed by atoms with Crippen molar-refractivity contribution in [3.63, 3.8) is 0 Å². The fraction of sp³-hybridized carbons (Fsp3) is 0.0444. The van der Waals surface area contributed by atoms with E-state index in [0.717, 1.165) is 33.2 Å². The number of fused-ring (bicyclic) bond motifs is 4. The zero-order valence-electron chi connectivity index (χ0n) is 27.4. The summed E-state index contributed by atoms with van der Waals surface area (Å²) in [6.45, 7) is 4.90. The van der Waals surface area contributed by atoms with Gasteiger partial charge >= 0.3 is 0 Å². The van der Waals surface area contributed by atoms with Gasteiger partial charge in [-0.25, -0.2) is 15.0 Å². The van der Waals surface area contributed by atoms with Crippen LogP contribution in [-0.4, -0.2) is 23.0 Å². The van der Waals surface area contributed by atoms with E-state index >= 15 is 0 Å². The number of nitrogens with zero attached hydrogens (tertiary/aromatic N) is 3. The lowest BCUT2D eigenvalue weighted by Gasteiger charge is -2.22. The molecule has 4 heteroatoms. The van der Waals surface area contributed by atoms with Crippen LogP contribution in [0.15, 0.2) is 164 Å². The van der Waals surface area contributed by atoms with Gasteiger partial charge in [0.2, 0.25) is 0 Å². The van der Waals surface area contributed by atoms with Gasteiger partial charge in [-0.15, -0.1) is 0 Å². The second kappa shape index (κ2) is 11.6. The Labute approximate surface area is 287 Å². The van der Waals surface area contributed by atoms with Crippen molar-refractivity contribution in [2.45, 2.75) is 13.1 Å². The minimum atomic E-state index is -2.05. The highest BCUT2D eigenvalue weighted by Gasteiger charge is 2.39. The van der Waals surface area contributed by atoms with Gasteiger partial charge in [0, 0.05) is 16.7 Å². The summed E-state index contributed by atoms with van der Waals surface area (Å²) < 4.78 is 0. The molecular formula is C45H33N3Si. The van der Waals surface area contributed by atoms with Crippen molar-refractivity contribution in [3.05, 3.63) is 164 Å². The molecule has 2 heterocycles. The first kappa shape index (κ1) is 29.2. The number of rotatable bonds is 5. The molecule has 1 aromatic heterocycles. The van der Waals surface area contributed by atoms with Crippen molar-refractivity contribution in [3.8, 4) is 67.5 Å². The maximum atomic E-state index is 5.36. The van der Waals surface area contributed by atoms with Crippen molar-refractivity contribution >= 4 is 29.2 Å². The Balaban J connectivity index is 1.32. The van der Waals surface area contributed by atoms with Gasteiger partial charge in [-0.3, -0.25) is 0 Å². The highest BCUT2D eigenvalue weighted by Crippen LogP contribution is 2.38. The summed E-state index contributed by atoms with van der Waals surface area (Å²) in [5.74, 6) is 2.05. The maximum Gasteiger partial charge on any atom is 0.164 e. The van der Waals surface area contributed by atoms with E-state index < -0.39 is 8.07 Å². The molecule has 8 aromatic rings. The van der Waals surface area contributed by atoms with Crippen molar-refractivity contribution in [1.82, 2.24) is 15.0 Å². The second-order valence-corrected chi connectivity index (χ2v) is 17.5. The van der Waals surface area contributed by atoms with Gasteiger partial charge in [0.1, 0.15) is 8.07 Å². The predicted octanol–water partition coefficient (Wildman–Crippen LogP) is 10.2. The van der Waals surface area contributed by atoms with E-state index in [-0.39, 0.29) is 0 Å². The Kier molecular flexibility index (Phi) is 6.92. The first-order valence-corrected chi connectivity index (χ1v) is 19.8. The average molecular weight is 644 g/mol. The molecule has 0 N–H and O–H groups in total. The molecule has 0 aliphatic carbocycles. The normalized spacial score (nSPS) is 12.9. The van der Waals surface area contributed by atoms with Crippen LogP contribution in [0.1, 0.15) is 0 Å². The quantitative estimate of drug-likeness (QED) is 0.175. The van der Waals surface area contributed by atoms with Crippen LogP contribution in [0, 0.1) is 0 Å². The molecular weight excluding hydrogens is 611 g/mol. The van der Waals surface area contributed by atoms with Gasteiger partial charge < -0.3 is 0 Å². The molecule has 0 saturated heterocycles. The van der Waals surface area contributed by atoms with E-state index in [0.29, 0.717) is 17.5 Å². The molecule has 0 fully saturated rings. The molecule has 0 atom stereocenters. The third kappa shape index (κ3) is 4.83. The zero-order valence-corrected chi connectivity index (χ0v) is 28.4. The highest BCUT2D eigenvalue weighted by molar-refractivity contribution is 7.04. The summed E-state index contributed by atoms with van der Waals surface area (Å²) in [6.07, 6.45) is 0. The molecule has 0 saturated carbocycles. The molecule has 1 aliphatic rings. The number of benzene rings is 7. The van der Waals surface area contributed by atoms with E-state index in [2.05, 4.69) is 177 Å². The summed E-state index contributed by atoms with van der Waals surface area (Å²) in [5, 5.41) is 5.14. The molecule has 49 heavy (non-hydrogen) atoms. The van der Waals surface area contributed by atoms with E-state index in [9.17, 15) is 0 Å². The van der Waals surface area contributed by atoms with Gasteiger partial charge in [-0.05, 0) is 60.6 Å². The van der Waals surface area contributed by atoms with E-state index in [1.54, 1.807) is 0 Å². The van der Waals surface area contributed by atoms with Crippen LogP contribution in [-0.2, 0) is 0 Å². The standard InChI is InChI=1S/C45H33N3Si/c1-49(2)41-27-14-13-23-36(41)37-25-15-26-40(42(37)49)45-47-43(38-24-12-9-20-32(38)30-16-5-3-6-17-30)46-44(48-45)39-29-28-33(31-18-7-4-8-19-31)34-21-10-11-22-35(34)39/h3-29H,1-2H3. The van der Waals surface area contributed by atoms with Crippen LogP contribution in [0.25, 0.3) is 78.3 Å². The number of aromatic nitrogens is 3. The Morgan fingerprint density at radius 1 is 0.327 bits per heavy atom. The largest absolute Gasteiger partial charge is 0.208 e. The molecule has 1 aliphatic heterocycles. The number of hydrogen-bond acceptors (Lipinski definition) is 3. The van der Waals surface area contributed by atoms with Crippen LogP contribution in [0.5, 0.6) is 0 Å². The highest BCUT2D eigenvalue weighted by atomic mass is 28.3. The van der Waals surface area contributed by atoms with Gasteiger partial charge in [-0.2, -0.15) is 0 Å². The minimum absolute atomic E-state index is 0.670. The first-order valence-electron chi connectivity index (χ1n) is 16.8. The van der Waals surface area contributed by atoms with Crippen LogP contribution in [0.2, 0.25) is 13.1 Å². The van der Waals surface area contributed by atoms with Gasteiger partial charge in [0.05, 0.1) is 0 Å². The Bertz CT molecular complexity index is 2520. The lowest BCUT2D eigenvalue weighted by molar-refractivity contribution is 1.08. The van der Waals surface area contributed by atoms with Gasteiger partial charge in [-0.1, -0.05) is 171 Å². The molecule has 0 bridgehead atoms. The third-order valence-electron chi connectivity index (χ3n) is 9.96. The molecule has 7 aromatic carbocycles. The molecule has 3 nitrogen and oxygen atoms in total. The molecule has 0 amide bonds. The minimum Gasteiger partial charge on any atom is -0.208 e. The summed E-state index contributed by atoms with van der Waals surface area (Å²) in [5.41, 5.74) is 10.3. The summed E-state index contributed by atoms with van der Waals surface area (Å²) in [6, 6.07) is 58.0. The van der Waals surface area contributed by atoms with Gasteiger partial charge in [0.15, 0.2) is 17.5 Å². The Hall–Kier alpha value is -5.97. The van der Waals surface area contributed by atoms with Crippen molar-refractivity contribution in [1.29, 1.82) is 0 Å². The predicted molar refractivity (Wildman–Crippen MR) is 207 cm³/mol. The SMILES string of the molecule is C[Si]1(C)c2ccccc2-c2cccc(-c3nc(-c4ccccc4-c4ccccc4)nc(-c4ccc(-c5ccccc5)c5ccccc45)n3)c21. The first-order chi connectivity index (χ1) is 24.1. The van der Waals surface area contributed by atoms with E-state index in [1.165, 1.54) is 38.0 Å². The smallest absolute Gasteiger partial charge is 0.164 e. The van der Waals surface area contributed by atoms with E-state index in [1.807, 2.05) is 0 Å². The summed E-state index contributed by atoms with van der Waals surface area (Å²) in [7, 11) is -2.05. The van der Waals surface area contributed by atoms with Crippen LogP contribution >= 0.6 is 0 Å². The lowest BCUT2D eigenvalue weighted by atomic mass is 9.94. The van der Waals surface area contributed by atoms with Crippen molar-refractivity contribution in [2.24, 2.45) is 0 Å². The average Bonchev–Trinajstić information content (AvgIpc) is 3.41. The van der Waals surface area contributed by atoms with Crippen molar-refractivity contribution < 1.29 is 0 Å². The molecule has 0 radical (unpaired) electrons. The Morgan fingerprint density at radius 2 is 0.776 bits per heavy atom. The second-order valence-electron chi connectivity index (χ2n) is 13.2.